The molecule has 0 saturated carbocycles. The molecule has 3 rings (SSSR count). The van der Waals surface area contributed by atoms with Crippen molar-refractivity contribution in [2.45, 2.75) is 44.4 Å². The van der Waals surface area contributed by atoms with Crippen LogP contribution in [0.4, 0.5) is 0 Å². The van der Waals surface area contributed by atoms with Crippen molar-refractivity contribution < 1.29 is 9.53 Å². The van der Waals surface area contributed by atoms with Gasteiger partial charge in [-0.2, -0.15) is 0 Å². The molecule has 2 N–H and O–H groups in total. The summed E-state index contributed by atoms with van der Waals surface area (Å²) in [6.45, 7) is 3.03. The van der Waals surface area contributed by atoms with E-state index in [0.29, 0.717) is 12.5 Å². The van der Waals surface area contributed by atoms with Crippen LogP contribution in [0.3, 0.4) is 0 Å². The average molecular weight is 260 g/mol. The van der Waals surface area contributed by atoms with Gasteiger partial charge >= 0.3 is 0 Å². The van der Waals surface area contributed by atoms with Crippen LogP contribution in [0, 0.1) is 0 Å². The summed E-state index contributed by atoms with van der Waals surface area (Å²) in [6, 6.07) is 8.65. The van der Waals surface area contributed by atoms with Gasteiger partial charge in [-0.15, -0.1) is 0 Å². The molecule has 2 heterocycles. The minimum Gasteiger partial charge on any atom is -0.480 e. The minimum absolute atomic E-state index is 0.0116. The van der Waals surface area contributed by atoms with Crippen LogP contribution in [0.15, 0.2) is 24.3 Å². The van der Waals surface area contributed by atoms with E-state index in [1.54, 1.807) is 0 Å². The van der Waals surface area contributed by atoms with Gasteiger partial charge in [0.1, 0.15) is 5.75 Å². The number of hydrogen-bond donors (Lipinski definition) is 2. The lowest BCUT2D eigenvalue weighted by molar-refractivity contribution is -0.128. The van der Waals surface area contributed by atoms with E-state index in [4.69, 9.17) is 4.74 Å². The quantitative estimate of drug-likeness (QED) is 0.841. The van der Waals surface area contributed by atoms with Gasteiger partial charge in [0.15, 0.2) is 6.10 Å². The molecule has 102 valence electrons. The highest BCUT2D eigenvalue weighted by Gasteiger charge is 2.30. The number of carbonyl (C=O) groups is 1. The molecule has 2 aliphatic rings. The van der Waals surface area contributed by atoms with E-state index < -0.39 is 0 Å². The largest absolute Gasteiger partial charge is 0.480 e. The Labute approximate surface area is 113 Å². The Morgan fingerprint density at radius 3 is 2.95 bits per heavy atom. The van der Waals surface area contributed by atoms with Crippen LogP contribution in [-0.4, -0.2) is 30.6 Å². The first kappa shape index (κ1) is 12.5. The Kier molecular flexibility index (Phi) is 3.42. The molecule has 0 aromatic heterocycles. The molecule has 1 aromatic carbocycles. The van der Waals surface area contributed by atoms with E-state index in [9.17, 15) is 4.79 Å². The number of para-hydroxylation sites is 1. The molecule has 1 aromatic rings. The van der Waals surface area contributed by atoms with E-state index in [2.05, 4.69) is 17.6 Å². The van der Waals surface area contributed by atoms with Crippen LogP contribution in [0.2, 0.25) is 0 Å². The fraction of sp³-hybridized carbons (Fsp3) is 0.533. The van der Waals surface area contributed by atoms with Crippen LogP contribution in [-0.2, 0) is 11.2 Å². The smallest absolute Gasteiger partial charge is 0.261 e. The van der Waals surface area contributed by atoms with Crippen molar-refractivity contribution in [1.29, 1.82) is 0 Å². The van der Waals surface area contributed by atoms with Gasteiger partial charge in [0.05, 0.1) is 0 Å². The molecule has 1 amide bonds. The average Bonchev–Trinajstić information content (AvgIpc) is 2.85. The zero-order chi connectivity index (χ0) is 13.2. The summed E-state index contributed by atoms with van der Waals surface area (Å²) >= 11 is 0. The molecule has 0 aliphatic carbocycles. The first-order chi connectivity index (χ1) is 9.22. The molecule has 1 saturated heterocycles. The predicted octanol–water partition coefficient (Wildman–Crippen LogP) is 1.25. The number of hydrogen-bond acceptors (Lipinski definition) is 3. The van der Waals surface area contributed by atoms with E-state index >= 15 is 0 Å². The van der Waals surface area contributed by atoms with Gasteiger partial charge in [0.25, 0.3) is 5.91 Å². The molecule has 0 bridgehead atoms. The lowest BCUT2D eigenvalue weighted by atomic mass is 10.0. The molecule has 0 spiro atoms. The highest BCUT2D eigenvalue weighted by molar-refractivity contribution is 5.82. The van der Waals surface area contributed by atoms with Crippen LogP contribution in [0.25, 0.3) is 0 Å². The highest BCUT2D eigenvalue weighted by atomic mass is 16.5. The maximum atomic E-state index is 12.2. The Hall–Kier alpha value is -1.55. The first-order valence-corrected chi connectivity index (χ1v) is 7.00. The van der Waals surface area contributed by atoms with Crippen molar-refractivity contribution in [2.24, 2.45) is 0 Å². The summed E-state index contributed by atoms with van der Waals surface area (Å²) in [7, 11) is 0. The van der Waals surface area contributed by atoms with Crippen LogP contribution in [0.1, 0.15) is 25.3 Å². The number of fused-ring (bicyclic) bond motifs is 1. The van der Waals surface area contributed by atoms with Crippen molar-refractivity contribution in [3.8, 4) is 5.75 Å². The predicted molar refractivity (Wildman–Crippen MR) is 73.2 cm³/mol. The second-order valence-electron chi connectivity index (χ2n) is 5.51. The number of piperidine rings is 1. The van der Waals surface area contributed by atoms with Crippen molar-refractivity contribution in [3.63, 3.8) is 0 Å². The standard InChI is InChI=1S/C15H20N2O2/c1-10-6-7-12(9-16-10)17-15(18)14-8-11-4-2-3-5-13(11)19-14/h2-5,10,12,14,16H,6-9H2,1H3,(H,17,18). The van der Waals surface area contributed by atoms with Gasteiger partial charge in [0.2, 0.25) is 0 Å². The van der Waals surface area contributed by atoms with E-state index in [-0.39, 0.29) is 18.1 Å². The molecule has 2 aliphatic heterocycles. The van der Waals surface area contributed by atoms with Gasteiger partial charge in [-0.3, -0.25) is 4.79 Å². The molecule has 19 heavy (non-hydrogen) atoms. The molecular formula is C15H20N2O2. The number of ether oxygens (including phenoxy) is 1. The molecule has 1 fully saturated rings. The van der Waals surface area contributed by atoms with Crippen molar-refractivity contribution in [3.05, 3.63) is 29.8 Å². The summed E-state index contributed by atoms with van der Waals surface area (Å²) in [6.07, 6.45) is 2.46. The molecule has 3 atom stereocenters. The minimum atomic E-state index is -0.364. The second kappa shape index (κ2) is 5.21. The van der Waals surface area contributed by atoms with Crippen molar-refractivity contribution >= 4 is 5.91 Å². The third-order valence-corrected chi connectivity index (χ3v) is 3.95. The van der Waals surface area contributed by atoms with Gasteiger partial charge < -0.3 is 15.4 Å². The molecule has 3 unspecified atom stereocenters. The number of amides is 1. The van der Waals surface area contributed by atoms with Crippen molar-refractivity contribution in [1.82, 2.24) is 10.6 Å². The van der Waals surface area contributed by atoms with Crippen molar-refractivity contribution in [2.75, 3.05) is 6.54 Å². The molecule has 0 radical (unpaired) electrons. The Balaban J connectivity index is 1.55. The fourth-order valence-electron chi connectivity index (χ4n) is 2.74. The topological polar surface area (TPSA) is 50.4 Å². The normalized spacial score (nSPS) is 29.4. The van der Waals surface area contributed by atoms with Gasteiger partial charge in [-0.1, -0.05) is 18.2 Å². The van der Waals surface area contributed by atoms with E-state index in [1.807, 2.05) is 24.3 Å². The number of carbonyl (C=O) groups excluding carboxylic acids is 1. The maximum Gasteiger partial charge on any atom is 0.261 e. The summed E-state index contributed by atoms with van der Waals surface area (Å²) in [5.74, 6) is 0.857. The number of rotatable bonds is 2. The Bertz CT molecular complexity index is 442. The maximum absolute atomic E-state index is 12.2. The summed E-state index contributed by atoms with van der Waals surface area (Å²) in [5, 5.41) is 6.48. The SMILES string of the molecule is CC1CCC(NC(=O)C2Cc3ccccc3O2)CN1. The zero-order valence-corrected chi connectivity index (χ0v) is 11.2. The van der Waals surface area contributed by atoms with Crippen LogP contribution < -0.4 is 15.4 Å². The Morgan fingerprint density at radius 1 is 1.37 bits per heavy atom. The lowest BCUT2D eigenvalue weighted by Crippen LogP contribution is -2.51. The third kappa shape index (κ3) is 2.73. The van der Waals surface area contributed by atoms with Crippen LogP contribution in [0.5, 0.6) is 5.75 Å². The molecular weight excluding hydrogens is 240 g/mol. The summed E-state index contributed by atoms with van der Waals surface area (Å²) in [4.78, 5) is 12.2. The van der Waals surface area contributed by atoms with E-state index in [0.717, 1.165) is 30.7 Å². The van der Waals surface area contributed by atoms with E-state index in [1.165, 1.54) is 0 Å². The second-order valence-corrected chi connectivity index (χ2v) is 5.51. The molecule has 4 heteroatoms. The van der Waals surface area contributed by atoms with Gasteiger partial charge in [-0.05, 0) is 31.4 Å². The number of nitrogens with one attached hydrogen (secondary N) is 2. The third-order valence-electron chi connectivity index (χ3n) is 3.95. The summed E-state index contributed by atoms with van der Waals surface area (Å²) in [5.41, 5.74) is 1.12. The molecule has 4 nitrogen and oxygen atoms in total. The van der Waals surface area contributed by atoms with Gasteiger partial charge in [0, 0.05) is 25.0 Å². The van der Waals surface area contributed by atoms with Gasteiger partial charge in [-0.25, -0.2) is 0 Å². The number of benzene rings is 1. The summed E-state index contributed by atoms with van der Waals surface area (Å²) < 4.78 is 5.70. The zero-order valence-electron chi connectivity index (χ0n) is 11.2. The van der Waals surface area contributed by atoms with Crippen LogP contribution >= 0.6 is 0 Å². The first-order valence-electron chi connectivity index (χ1n) is 7.00. The Morgan fingerprint density at radius 2 is 2.21 bits per heavy atom. The fourth-order valence-corrected chi connectivity index (χ4v) is 2.74. The monoisotopic (exact) mass is 260 g/mol. The highest BCUT2D eigenvalue weighted by Crippen LogP contribution is 2.28. The lowest BCUT2D eigenvalue weighted by Gasteiger charge is -2.29.